The number of amides is 1. The SMILES string of the molecule is CN(Cc1ccccc1)c1ncc2c(n1)CC(C)(C)C[C@H]2NC(=O)c1cc(=O)[nH][nH]1. The second kappa shape index (κ2) is 7.78. The Morgan fingerprint density at radius 1 is 1.27 bits per heavy atom. The van der Waals surface area contributed by atoms with Crippen molar-refractivity contribution in [2.24, 2.45) is 5.41 Å². The number of nitrogens with zero attached hydrogens (tertiary/aromatic N) is 3. The van der Waals surface area contributed by atoms with Crippen LogP contribution in [0.2, 0.25) is 0 Å². The number of H-pyrrole nitrogens is 2. The van der Waals surface area contributed by atoms with Gasteiger partial charge in [-0.05, 0) is 23.8 Å². The first kappa shape index (κ1) is 19.9. The fourth-order valence-electron chi connectivity index (χ4n) is 3.97. The van der Waals surface area contributed by atoms with Crippen molar-refractivity contribution >= 4 is 11.9 Å². The van der Waals surface area contributed by atoms with Gasteiger partial charge >= 0.3 is 0 Å². The molecule has 0 bridgehead atoms. The van der Waals surface area contributed by atoms with Gasteiger partial charge in [0.05, 0.1) is 11.7 Å². The van der Waals surface area contributed by atoms with Gasteiger partial charge in [0.2, 0.25) is 5.95 Å². The monoisotopic (exact) mass is 406 g/mol. The third-order valence-corrected chi connectivity index (χ3v) is 5.42. The third kappa shape index (κ3) is 4.27. The predicted molar refractivity (Wildman–Crippen MR) is 114 cm³/mol. The van der Waals surface area contributed by atoms with Crippen molar-refractivity contribution in [3.8, 4) is 0 Å². The summed E-state index contributed by atoms with van der Waals surface area (Å²) in [5, 5.41) is 8.02. The summed E-state index contributed by atoms with van der Waals surface area (Å²) in [5.41, 5.74) is 2.91. The van der Waals surface area contributed by atoms with Crippen molar-refractivity contribution in [1.82, 2.24) is 25.5 Å². The van der Waals surface area contributed by atoms with Crippen LogP contribution in [0.25, 0.3) is 0 Å². The average molecular weight is 406 g/mol. The number of carbonyl (C=O) groups excluding carboxylic acids is 1. The fourth-order valence-corrected chi connectivity index (χ4v) is 3.97. The second-order valence-corrected chi connectivity index (χ2v) is 8.66. The quantitative estimate of drug-likeness (QED) is 0.604. The zero-order valence-electron chi connectivity index (χ0n) is 17.4. The molecule has 8 nitrogen and oxygen atoms in total. The number of benzene rings is 1. The van der Waals surface area contributed by atoms with E-state index in [1.807, 2.05) is 36.3 Å². The van der Waals surface area contributed by atoms with Crippen molar-refractivity contribution < 1.29 is 4.79 Å². The molecule has 0 radical (unpaired) electrons. The Morgan fingerprint density at radius 2 is 2.03 bits per heavy atom. The van der Waals surface area contributed by atoms with E-state index in [-0.39, 0.29) is 28.6 Å². The molecule has 4 rings (SSSR count). The Balaban J connectivity index is 1.58. The van der Waals surface area contributed by atoms with Gasteiger partial charge in [-0.15, -0.1) is 0 Å². The van der Waals surface area contributed by atoms with Crippen LogP contribution in [-0.4, -0.2) is 33.1 Å². The zero-order valence-corrected chi connectivity index (χ0v) is 17.4. The standard InChI is InChI=1S/C22H26N6O2/c1-22(2)10-17(24-20(30)16-9-19(29)27-26-16)15-12-23-21(25-18(15)11-22)28(3)13-14-7-5-4-6-8-14/h4-9,12,17H,10-11,13H2,1-3H3,(H,24,30)(H2,26,27,29)/t17-/m1/s1. The van der Waals surface area contributed by atoms with Gasteiger partial charge < -0.3 is 10.2 Å². The van der Waals surface area contributed by atoms with Gasteiger partial charge in [0, 0.05) is 31.4 Å². The Hall–Kier alpha value is -3.42. The summed E-state index contributed by atoms with van der Waals surface area (Å²) in [4.78, 5) is 35.3. The van der Waals surface area contributed by atoms with Crippen molar-refractivity contribution in [3.05, 3.63) is 75.5 Å². The molecule has 1 aliphatic carbocycles. The lowest BCUT2D eigenvalue weighted by molar-refractivity contribution is 0.0914. The lowest BCUT2D eigenvalue weighted by Gasteiger charge is -2.36. The van der Waals surface area contributed by atoms with E-state index in [1.165, 1.54) is 11.6 Å². The van der Waals surface area contributed by atoms with Crippen molar-refractivity contribution in [2.45, 2.75) is 39.3 Å². The number of rotatable bonds is 5. The lowest BCUT2D eigenvalue weighted by atomic mass is 9.74. The van der Waals surface area contributed by atoms with Crippen molar-refractivity contribution in [1.29, 1.82) is 0 Å². The molecule has 1 aliphatic rings. The molecule has 0 spiro atoms. The normalized spacial score (nSPS) is 17.2. The highest BCUT2D eigenvalue weighted by atomic mass is 16.2. The van der Waals surface area contributed by atoms with E-state index in [9.17, 15) is 9.59 Å². The molecule has 8 heteroatoms. The van der Waals surface area contributed by atoms with Crippen LogP contribution in [0.1, 0.15) is 53.6 Å². The van der Waals surface area contributed by atoms with Crippen LogP contribution in [-0.2, 0) is 13.0 Å². The molecular formula is C22H26N6O2. The number of nitrogens with one attached hydrogen (secondary N) is 3. The van der Waals surface area contributed by atoms with E-state index in [4.69, 9.17) is 4.98 Å². The Kier molecular flexibility index (Phi) is 5.15. The van der Waals surface area contributed by atoms with Crippen molar-refractivity contribution in [2.75, 3.05) is 11.9 Å². The largest absolute Gasteiger partial charge is 0.344 e. The first-order valence-corrected chi connectivity index (χ1v) is 10.0. The van der Waals surface area contributed by atoms with Crippen LogP contribution in [0.15, 0.2) is 47.4 Å². The highest BCUT2D eigenvalue weighted by Gasteiger charge is 2.35. The number of aromatic nitrogens is 4. The maximum atomic E-state index is 12.6. The number of fused-ring (bicyclic) bond motifs is 1. The molecule has 156 valence electrons. The summed E-state index contributed by atoms with van der Waals surface area (Å²) in [6, 6.07) is 11.2. The molecular weight excluding hydrogens is 380 g/mol. The van der Waals surface area contributed by atoms with E-state index in [0.717, 1.165) is 24.1 Å². The lowest BCUT2D eigenvalue weighted by Crippen LogP contribution is -2.37. The van der Waals surface area contributed by atoms with Gasteiger partial charge in [-0.2, -0.15) is 0 Å². The Labute approximate surface area is 174 Å². The van der Waals surface area contributed by atoms with Gasteiger partial charge in [0.1, 0.15) is 5.69 Å². The zero-order chi connectivity index (χ0) is 21.3. The van der Waals surface area contributed by atoms with Gasteiger partial charge in [0.25, 0.3) is 11.5 Å². The van der Waals surface area contributed by atoms with Crippen LogP contribution in [0.5, 0.6) is 0 Å². The average Bonchev–Trinajstić information content (AvgIpc) is 3.14. The van der Waals surface area contributed by atoms with E-state index >= 15 is 0 Å². The Bertz CT molecular complexity index is 1100. The first-order chi connectivity index (χ1) is 14.3. The highest BCUT2D eigenvalue weighted by Crippen LogP contribution is 2.40. The van der Waals surface area contributed by atoms with E-state index in [1.54, 1.807) is 0 Å². The maximum absolute atomic E-state index is 12.6. The molecule has 0 saturated heterocycles. The van der Waals surface area contributed by atoms with E-state index in [0.29, 0.717) is 12.5 Å². The molecule has 1 atom stereocenters. The molecule has 1 aromatic carbocycles. The molecule has 30 heavy (non-hydrogen) atoms. The van der Waals surface area contributed by atoms with Gasteiger partial charge in [-0.25, -0.2) is 9.97 Å². The molecule has 0 saturated carbocycles. The molecule has 0 aliphatic heterocycles. The number of carbonyl (C=O) groups is 1. The topological polar surface area (TPSA) is 107 Å². The summed E-state index contributed by atoms with van der Waals surface area (Å²) in [7, 11) is 1.98. The molecule has 2 aromatic heterocycles. The Morgan fingerprint density at radius 3 is 2.73 bits per heavy atom. The molecule has 3 aromatic rings. The predicted octanol–water partition coefficient (Wildman–Crippen LogP) is 2.57. The van der Waals surface area contributed by atoms with Gasteiger partial charge in [-0.1, -0.05) is 44.2 Å². The maximum Gasteiger partial charge on any atom is 0.269 e. The molecule has 0 fully saturated rings. The van der Waals surface area contributed by atoms with E-state index < -0.39 is 0 Å². The minimum atomic E-state index is -0.334. The minimum Gasteiger partial charge on any atom is -0.344 e. The van der Waals surface area contributed by atoms with Crippen molar-refractivity contribution in [3.63, 3.8) is 0 Å². The molecule has 2 heterocycles. The summed E-state index contributed by atoms with van der Waals surface area (Å²) in [6.07, 6.45) is 3.40. The summed E-state index contributed by atoms with van der Waals surface area (Å²) in [5.74, 6) is 0.336. The van der Waals surface area contributed by atoms with Crippen LogP contribution in [0, 0.1) is 5.41 Å². The third-order valence-electron chi connectivity index (χ3n) is 5.42. The number of aromatic amines is 2. The van der Waals surface area contributed by atoms with Gasteiger partial charge in [-0.3, -0.25) is 19.8 Å². The fraction of sp³-hybridized carbons (Fsp3) is 0.364. The molecule has 0 unspecified atom stereocenters. The smallest absolute Gasteiger partial charge is 0.269 e. The van der Waals surface area contributed by atoms with Crippen LogP contribution in [0.4, 0.5) is 5.95 Å². The molecule has 3 N–H and O–H groups in total. The molecule has 1 amide bonds. The number of hydrogen-bond acceptors (Lipinski definition) is 5. The van der Waals surface area contributed by atoms with Crippen LogP contribution in [0.3, 0.4) is 0 Å². The van der Waals surface area contributed by atoms with E-state index in [2.05, 4.69) is 46.5 Å². The minimum absolute atomic E-state index is 0.0277. The number of anilines is 1. The first-order valence-electron chi connectivity index (χ1n) is 10.0. The summed E-state index contributed by atoms with van der Waals surface area (Å²) in [6.45, 7) is 5.05. The summed E-state index contributed by atoms with van der Waals surface area (Å²) >= 11 is 0. The van der Waals surface area contributed by atoms with Crippen LogP contribution < -0.4 is 15.8 Å². The van der Waals surface area contributed by atoms with Crippen LogP contribution >= 0.6 is 0 Å². The number of hydrogen-bond donors (Lipinski definition) is 3. The van der Waals surface area contributed by atoms with Gasteiger partial charge in [0.15, 0.2) is 0 Å². The second-order valence-electron chi connectivity index (χ2n) is 8.66. The summed E-state index contributed by atoms with van der Waals surface area (Å²) < 4.78 is 0. The highest BCUT2D eigenvalue weighted by molar-refractivity contribution is 5.92.